The monoisotopic (exact) mass is 288 g/mol. The van der Waals surface area contributed by atoms with Crippen LogP contribution in [0.2, 0.25) is 0 Å². The molecule has 0 unspecified atom stereocenters. The number of anilines is 1. The van der Waals surface area contributed by atoms with Crippen LogP contribution in [0.4, 0.5) is 11.4 Å². The summed E-state index contributed by atoms with van der Waals surface area (Å²) in [7, 11) is 0. The van der Waals surface area contributed by atoms with E-state index in [9.17, 15) is 14.9 Å². The van der Waals surface area contributed by atoms with Crippen molar-refractivity contribution in [2.45, 2.75) is 13.0 Å². The topological polar surface area (TPSA) is 63.4 Å². The summed E-state index contributed by atoms with van der Waals surface area (Å²) in [5.41, 5.74) is 2.36. The summed E-state index contributed by atoms with van der Waals surface area (Å²) in [6.45, 7) is 1.57. The summed E-state index contributed by atoms with van der Waals surface area (Å²) in [5.74, 6) is 0. The number of nitrogens with zero attached hydrogens (tertiary/aromatic N) is 2. The predicted octanol–water partition coefficient (Wildman–Crippen LogP) is 3.03. The molecule has 1 aromatic heterocycles. The number of rotatable bonds is 3. The standard InChI is InChI=1S/C14H12N2O3S/c17-9-11-7-12(16(18)19)1-2-13(11)15-5-3-14-10(8-15)4-6-20-14/h1-2,4,6-7,9H,3,5,8H2. The minimum Gasteiger partial charge on any atom is -0.366 e. The van der Waals surface area contributed by atoms with E-state index >= 15 is 0 Å². The second-order valence-corrected chi connectivity index (χ2v) is 5.66. The third-order valence-corrected chi connectivity index (χ3v) is 4.52. The number of hydrogen-bond donors (Lipinski definition) is 0. The quantitative estimate of drug-likeness (QED) is 0.495. The molecule has 102 valence electrons. The van der Waals surface area contributed by atoms with Crippen molar-refractivity contribution in [1.29, 1.82) is 0 Å². The van der Waals surface area contributed by atoms with Crippen LogP contribution in [0, 0.1) is 10.1 Å². The second-order valence-electron chi connectivity index (χ2n) is 4.66. The zero-order valence-corrected chi connectivity index (χ0v) is 11.4. The molecule has 6 heteroatoms. The fourth-order valence-corrected chi connectivity index (χ4v) is 3.38. The van der Waals surface area contributed by atoms with E-state index in [0.717, 1.165) is 25.2 Å². The molecule has 1 aliphatic heterocycles. The van der Waals surface area contributed by atoms with Crippen LogP contribution in [0.15, 0.2) is 29.6 Å². The van der Waals surface area contributed by atoms with Crippen molar-refractivity contribution < 1.29 is 9.72 Å². The minimum absolute atomic E-state index is 0.0518. The summed E-state index contributed by atoms with van der Waals surface area (Å²) in [6, 6.07) is 6.55. The van der Waals surface area contributed by atoms with Crippen molar-refractivity contribution in [2.24, 2.45) is 0 Å². The fraction of sp³-hybridized carbons (Fsp3) is 0.214. The highest BCUT2D eigenvalue weighted by Gasteiger charge is 2.20. The number of thiophene rings is 1. The van der Waals surface area contributed by atoms with Crippen LogP contribution in [-0.2, 0) is 13.0 Å². The molecule has 3 rings (SSSR count). The first kappa shape index (κ1) is 12.8. The van der Waals surface area contributed by atoms with E-state index in [0.29, 0.717) is 11.8 Å². The number of carbonyl (C=O) groups is 1. The lowest BCUT2D eigenvalue weighted by Crippen LogP contribution is -2.30. The average molecular weight is 288 g/mol. The molecule has 2 aromatic rings. The van der Waals surface area contributed by atoms with E-state index in [4.69, 9.17) is 0 Å². The number of aldehydes is 1. The van der Waals surface area contributed by atoms with Crippen LogP contribution in [-0.4, -0.2) is 17.8 Å². The average Bonchev–Trinajstić information content (AvgIpc) is 2.93. The molecule has 0 amide bonds. The van der Waals surface area contributed by atoms with Gasteiger partial charge in [0, 0.05) is 41.4 Å². The molecule has 0 aliphatic carbocycles. The highest BCUT2D eigenvalue weighted by Crippen LogP contribution is 2.30. The van der Waals surface area contributed by atoms with Gasteiger partial charge in [-0.25, -0.2) is 0 Å². The van der Waals surface area contributed by atoms with Gasteiger partial charge in [0.2, 0.25) is 0 Å². The van der Waals surface area contributed by atoms with Crippen LogP contribution < -0.4 is 4.90 Å². The van der Waals surface area contributed by atoms with Crippen molar-refractivity contribution in [3.63, 3.8) is 0 Å². The van der Waals surface area contributed by atoms with Crippen LogP contribution >= 0.6 is 11.3 Å². The highest BCUT2D eigenvalue weighted by atomic mass is 32.1. The van der Waals surface area contributed by atoms with Crippen LogP contribution in [0.5, 0.6) is 0 Å². The summed E-state index contributed by atoms with van der Waals surface area (Å²) < 4.78 is 0. The number of non-ortho nitro benzene ring substituents is 1. The Morgan fingerprint density at radius 2 is 2.20 bits per heavy atom. The highest BCUT2D eigenvalue weighted by molar-refractivity contribution is 7.10. The van der Waals surface area contributed by atoms with Gasteiger partial charge in [-0.1, -0.05) is 0 Å². The second kappa shape index (κ2) is 5.05. The third kappa shape index (κ3) is 2.18. The number of hydrogen-bond acceptors (Lipinski definition) is 5. The Bertz CT molecular complexity index is 681. The third-order valence-electron chi connectivity index (χ3n) is 3.50. The normalized spacial score (nSPS) is 13.9. The Balaban J connectivity index is 1.95. The fourth-order valence-electron chi connectivity index (χ4n) is 2.49. The van der Waals surface area contributed by atoms with Gasteiger partial charge >= 0.3 is 0 Å². The van der Waals surface area contributed by atoms with Crippen molar-refractivity contribution in [3.05, 3.63) is 55.8 Å². The maximum absolute atomic E-state index is 11.2. The van der Waals surface area contributed by atoms with Gasteiger partial charge in [0.15, 0.2) is 6.29 Å². The number of carbonyl (C=O) groups excluding carboxylic acids is 1. The summed E-state index contributed by atoms with van der Waals surface area (Å²) in [6.07, 6.45) is 1.63. The Morgan fingerprint density at radius 3 is 2.95 bits per heavy atom. The lowest BCUT2D eigenvalue weighted by molar-refractivity contribution is -0.384. The molecule has 0 N–H and O–H groups in total. The zero-order valence-electron chi connectivity index (χ0n) is 10.6. The van der Waals surface area contributed by atoms with Crippen LogP contribution in [0.3, 0.4) is 0 Å². The summed E-state index contributed by atoms with van der Waals surface area (Å²) in [5, 5.41) is 12.8. The van der Waals surface area contributed by atoms with Gasteiger partial charge in [0.05, 0.1) is 4.92 Å². The lowest BCUT2D eigenvalue weighted by atomic mass is 10.1. The summed E-state index contributed by atoms with van der Waals surface area (Å²) in [4.78, 5) is 25.0. The molecular weight excluding hydrogens is 276 g/mol. The molecule has 0 radical (unpaired) electrons. The van der Waals surface area contributed by atoms with E-state index in [2.05, 4.69) is 16.3 Å². The van der Waals surface area contributed by atoms with E-state index in [1.165, 1.54) is 22.6 Å². The molecular formula is C14H12N2O3S. The molecule has 0 bridgehead atoms. The Hall–Kier alpha value is -2.21. The molecule has 0 spiro atoms. The van der Waals surface area contributed by atoms with E-state index in [1.54, 1.807) is 17.4 Å². The van der Waals surface area contributed by atoms with Crippen molar-refractivity contribution in [2.75, 3.05) is 11.4 Å². The molecule has 2 heterocycles. The minimum atomic E-state index is -0.482. The smallest absolute Gasteiger partial charge is 0.270 e. The number of benzene rings is 1. The van der Waals surface area contributed by atoms with Gasteiger partial charge in [-0.3, -0.25) is 14.9 Å². The van der Waals surface area contributed by atoms with Gasteiger partial charge in [-0.15, -0.1) is 11.3 Å². The van der Waals surface area contributed by atoms with Crippen LogP contribution in [0.25, 0.3) is 0 Å². The van der Waals surface area contributed by atoms with Crippen LogP contribution in [0.1, 0.15) is 20.8 Å². The van der Waals surface area contributed by atoms with Gasteiger partial charge in [-0.05, 0) is 29.5 Å². The molecule has 0 atom stereocenters. The first-order chi connectivity index (χ1) is 9.69. The van der Waals surface area contributed by atoms with Gasteiger partial charge < -0.3 is 4.90 Å². The van der Waals surface area contributed by atoms with E-state index < -0.39 is 4.92 Å². The Kier molecular flexibility index (Phi) is 3.23. The van der Waals surface area contributed by atoms with Crippen molar-refractivity contribution in [3.8, 4) is 0 Å². The largest absolute Gasteiger partial charge is 0.366 e. The van der Waals surface area contributed by atoms with Crippen molar-refractivity contribution >= 4 is 29.0 Å². The van der Waals surface area contributed by atoms with Gasteiger partial charge in [-0.2, -0.15) is 0 Å². The SMILES string of the molecule is O=Cc1cc([N+](=O)[O-])ccc1N1CCc2sccc2C1. The first-order valence-corrected chi connectivity index (χ1v) is 7.11. The van der Waals surface area contributed by atoms with Gasteiger partial charge in [0.25, 0.3) is 5.69 Å². The van der Waals surface area contributed by atoms with Crippen molar-refractivity contribution in [1.82, 2.24) is 0 Å². The Labute approximate surface area is 119 Å². The maximum Gasteiger partial charge on any atom is 0.270 e. The summed E-state index contributed by atoms with van der Waals surface area (Å²) >= 11 is 1.75. The maximum atomic E-state index is 11.2. The number of fused-ring (bicyclic) bond motifs is 1. The number of nitro groups is 1. The molecule has 0 saturated carbocycles. The van der Waals surface area contributed by atoms with E-state index in [-0.39, 0.29) is 5.69 Å². The van der Waals surface area contributed by atoms with E-state index in [1.807, 2.05) is 0 Å². The molecule has 0 saturated heterocycles. The Morgan fingerprint density at radius 1 is 1.35 bits per heavy atom. The first-order valence-electron chi connectivity index (χ1n) is 6.23. The number of nitro benzene ring substituents is 1. The molecule has 5 nitrogen and oxygen atoms in total. The molecule has 20 heavy (non-hydrogen) atoms. The predicted molar refractivity (Wildman–Crippen MR) is 77.6 cm³/mol. The lowest BCUT2D eigenvalue weighted by Gasteiger charge is -2.29. The zero-order chi connectivity index (χ0) is 14.1. The molecule has 0 fully saturated rings. The molecule has 1 aromatic carbocycles. The molecule has 1 aliphatic rings. The van der Waals surface area contributed by atoms with Gasteiger partial charge in [0.1, 0.15) is 0 Å².